The Bertz CT molecular complexity index is 472. The lowest BCUT2D eigenvalue weighted by Crippen LogP contribution is -2.24. The summed E-state index contributed by atoms with van der Waals surface area (Å²) in [5.41, 5.74) is 0. The van der Waals surface area contributed by atoms with Crippen LogP contribution >= 0.6 is 11.8 Å². The Labute approximate surface area is 125 Å². The van der Waals surface area contributed by atoms with E-state index in [9.17, 15) is 8.42 Å². The quantitative estimate of drug-likeness (QED) is 0.612. The fourth-order valence-electron chi connectivity index (χ4n) is 1.64. The average Bonchev–Trinajstić information content (AvgIpc) is 2.88. The zero-order valence-electron chi connectivity index (χ0n) is 12.1. The van der Waals surface area contributed by atoms with Crippen molar-refractivity contribution in [3.8, 4) is 0 Å². The number of unbranched alkanes of at least 4 members (excludes halogenated alkanes) is 1. The number of nitrogens with one attached hydrogen (secondary N) is 2. The van der Waals surface area contributed by atoms with Gasteiger partial charge in [0.25, 0.3) is 10.0 Å². The van der Waals surface area contributed by atoms with Crippen molar-refractivity contribution in [2.45, 2.75) is 37.8 Å². The van der Waals surface area contributed by atoms with E-state index in [4.69, 9.17) is 4.42 Å². The van der Waals surface area contributed by atoms with E-state index in [-0.39, 0.29) is 5.09 Å². The van der Waals surface area contributed by atoms with Gasteiger partial charge in [-0.3, -0.25) is 0 Å². The molecule has 20 heavy (non-hydrogen) atoms. The Morgan fingerprint density at radius 3 is 2.75 bits per heavy atom. The molecule has 0 saturated heterocycles. The van der Waals surface area contributed by atoms with Gasteiger partial charge in [-0.25, -0.2) is 13.1 Å². The molecule has 2 N–H and O–H groups in total. The molecule has 0 bridgehead atoms. The number of thioether (sulfide) groups is 1. The molecule has 1 aromatic rings. The lowest BCUT2D eigenvalue weighted by atomic mass is 10.3. The zero-order valence-corrected chi connectivity index (χ0v) is 13.8. The molecule has 5 nitrogen and oxygen atoms in total. The predicted octanol–water partition coefficient (Wildman–Crippen LogP) is 2.20. The molecule has 116 valence electrons. The van der Waals surface area contributed by atoms with Crippen molar-refractivity contribution < 1.29 is 12.8 Å². The molecule has 0 saturated carbocycles. The summed E-state index contributed by atoms with van der Waals surface area (Å²) in [6, 6.07) is 3.21. The van der Waals surface area contributed by atoms with Gasteiger partial charge in [0.15, 0.2) is 0 Å². The van der Waals surface area contributed by atoms with Crippen molar-refractivity contribution in [3.05, 3.63) is 17.9 Å². The molecule has 1 aromatic heterocycles. The molecular weight excluding hydrogens is 296 g/mol. The summed E-state index contributed by atoms with van der Waals surface area (Å²) in [6.45, 7) is 3.96. The van der Waals surface area contributed by atoms with E-state index in [2.05, 4.69) is 17.0 Å². The summed E-state index contributed by atoms with van der Waals surface area (Å²) in [4.78, 5) is 0. The number of hydrogen-bond donors (Lipinski definition) is 2. The van der Waals surface area contributed by atoms with Crippen LogP contribution in [-0.2, 0) is 16.6 Å². The van der Waals surface area contributed by atoms with Crippen LogP contribution in [0.2, 0.25) is 0 Å². The first kappa shape index (κ1) is 17.6. The number of sulfonamides is 1. The van der Waals surface area contributed by atoms with Crippen LogP contribution in [0.4, 0.5) is 0 Å². The second-order valence-electron chi connectivity index (χ2n) is 4.50. The van der Waals surface area contributed by atoms with Gasteiger partial charge in [-0.15, -0.1) is 0 Å². The van der Waals surface area contributed by atoms with Crippen molar-refractivity contribution in [1.29, 1.82) is 0 Å². The van der Waals surface area contributed by atoms with Crippen LogP contribution in [0.5, 0.6) is 0 Å². The highest BCUT2D eigenvalue weighted by atomic mass is 32.2. The van der Waals surface area contributed by atoms with Gasteiger partial charge < -0.3 is 9.73 Å². The van der Waals surface area contributed by atoms with E-state index in [1.807, 2.05) is 6.26 Å². The van der Waals surface area contributed by atoms with Gasteiger partial charge in [-0.2, -0.15) is 11.8 Å². The normalized spacial score (nSPS) is 11.9. The van der Waals surface area contributed by atoms with E-state index in [0.29, 0.717) is 18.8 Å². The van der Waals surface area contributed by atoms with Gasteiger partial charge in [-0.1, -0.05) is 6.92 Å². The Hall–Kier alpha value is -0.500. The maximum absolute atomic E-state index is 12.0. The van der Waals surface area contributed by atoms with E-state index >= 15 is 0 Å². The number of hydrogen-bond acceptors (Lipinski definition) is 5. The molecule has 0 radical (unpaired) electrons. The highest BCUT2D eigenvalue weighted by molar-refractivity contribution is 7.98. The van der Waals surface area contributed by atoms with Crippen molar-refractivity contribution in [2.24, 2.45) is 0 Å². The minimum Gasteiger partial charge on any atom is -0.447 e. The van der Waals surface area contributed by atoms with Crippen LogP contribution < -0.4 is 10.0 Å². The first-order chi connectivity index (χ1) is 9.60. The third-order valence-electron chi connectivity index (χ3n) is 2.70. The standard InChI is InChI=1S/C13H24N2O3S2/c1-3-8-14-11-12-6-7-13(18-12)20(16,17)15-9-4-5-10-19-2/h6-7,14-15H,3-5,8-11H2,1-2H3. The van der Waals surface area contributed by atoms with E-state index in [1.54, 1.807) is 17.8 Å². The first-order valence-electron chi connectivity index (χ1n) is 6.88. The third kappa shape index (κ3) is 6.30. The van der Waals surface area contributed by atoms with E-state index < -0.39 is 10.0 Å². The molecule has 0 aromatic carbocycles. The molecule has 1 heterocycles. The summed E-state index contributed by atoms with van der Waals surface area (Å²) in [5.74, 6) is 1.69. The summed E-state index contributed by atoms with van der Waals surface area (Å²) in [6.07, 6.45) is 4.92. The molecule has 0 amide bonds. The summed E-state index contributed by atoms with van der Waals surface area (Å²) >= 11 is 1.77. The third-order valence-corrected chi connectivity index (χ3v) is 4.73. The van der Waals surface area contributed by atoms with Crippen LogP contribution in [0.3, 0.4) is 0 Å². The summed E-state index contributed by atoms with van der Waals surface area (Å²) in [5, 5.41) is 3.17. The van der Waals surface area contributed by atoms with Crippen LogP contribution in [-0.4, -0.2) is 33.5 Å². The highest BCUT2D eigenvalue weighted by Gasteiger charge is 2.17. The van der Waals surface area contributed by atoms with E-state index in [1.165, 1.54) is 6.07 Å². The molecule has 7 heteroatoms. The molecule has 0 fully saturated rings. The maximum atomic E-state index is 12.0. The van der Waals surface area contributed by atoms with Gasteiger partial charge in [0.1, 0.15) is 5.76 Å². The number of furan rings is 1. The lowest BCUT2D eigenvalue weighted by Gasteiger charge is -2.04. The van der Waals surface area contributed by atoms with Gasteiger partial charge in [0.2, 0.25) is 5.09 Å². The highest BCUT2D eigenvalue weighted by Crippen LogP contribution is 2.13. The van der Waals surface area contributed by atoms with Crippen LogP contribution in [0, 0.1) is 0 Å². The maximum Gasteiger partial charge on any atom is 0.273 e. The van der Waals surface area contributed by atoms with Gasteiger partial charge in [0, 0.05) is 6.54 Å². The molecule has 0 atom stereocenters. The summed E-state index contributed by atoms with van der Waals surface area (Å²) < 4.78 is 31.9. The topological polar surface area (TPSA) is 71.3 Å². The Morgan fingerprint density at radius 1 is 1.25 bits per heavy atom. The molecule has 0 aliphatic carbocycles. The molecule has 0 aliphatic heterocycles. The molecule has 1 rings (SSSR count). The van der Waals surface area contributed by atoms with Gasteiger partial charge in [-0.05, 0) is 49.9 Å². The first-order valence-corrected chi connectivity index (χ1v) is 9.76. The van der Waals surface area contributed by atoms with E-state index in [0.717, 1.165) is 31.6 Å². The zero-order chi connectivity index (χ0) is 14.8. The van der Waals surface area contributed by atoms with Crippen LogP contribution in [0.1, 0.15) is 31.9 Å². The monoisotopic (exact) mass is 320 g/mol. The van der Waals surface area contributed by atoms with Crippen molar-refractivity contribution in [1.82, 2.24) is 10.0 Å². The summed E-state index contributed by atoms with van der Waals surface area (Å²) in [7, 11) is -3.51. The Morgan fingerprint density at radius 2 is 2.05 bits per heavy atom. The van der Waals surface area contributed by atoms with Crippen molar-refractivity contribution in [3.63, 3.8) is 0 Å². The second-order valence-corrected chi connectivity index (χ2v) is 7.18. The average molecular weight is 320 g/mol. The Balaban J connectivity index is 2.42. The second kappa shape index (κ2) is 9.44. The van der Waals surface area contributed by atoms with Crippen LogP contribution in [0.15, 0.2) is 21.6 Å². The number of rotatable bonds is 11. The van der Waals surface area contributed by atoms with Gasteiger partial charge >= 0.3 is 0 Å². The molecular formula is C13H24N2O3S2. The predicted molar refractivity (Wildman–Crippen MR) is 83.5 cm³/mol. The smallest absolute Gasteiger partial charge is 0.273 e. The minimum atomic E-state index is -3.51. The molecule has 0 aliphatic rings. The van der Waals surface area contributed by atoms with Gasteiger partial charge in [0.05, 0.1) is 6.54 Å². The largest absolute Gasteiger partial charge is 0.447 e. The lowest BCUT2D eigenvalue weighted by molar-refractivity contribution is 0.400. The van der Waals surface area contributed by atoms with Crippen molar-refractivity contribution >= 4 is 21.8 Å². The minimum absolute atomic E-state index is 0.00401. The molecule has 0 spiro atoms. The fraction of sp³-hybridized carbons (Fsp3) is 0.692. The Kier molecular flexibility index (Phi) is 8.28. The fourth-order valence-corrected chi connectivity index (χ4v) is 3.15. The van der Waals surface area contributed by atoms with Crippen molar-refractivity contribution in [2.75, 3.05) is 25.1 Å². The SMILES string of the molecule is CCCNCc1ccc(S(=O)(=O)NCCCCSC)o1. The van der Waals surface area contributed by atoms with Crippen LogP contribution in [0.25, 0.3) is 0 Å². The molecule has 0 unspecified atom stereocenters.